The van der Waals surface area contributed by atoms with Crippen LogP contribution < -0.4 is 5.32 Å². The maximum absolute atomic E-state index is 4.21. The maximum atomic E-state index is 4.21. The number of likely N-dealkylation sites (N-methyl/N-ethyl adjacent to an activating group) is 1. The van der Waals surface area contributed by atoms with Gasteiger partial charge in [0.25, 0.3) is 0 Å². The first-order valence-electron chi connectivity index (χ1n) is 7.59. The minimum absolute atomic E-state index is 0.312. The quantitative estimate of drug-likeness (QED) is 0.867. The first-order valence-corrected chi connectivity index (χ1v) is 7.59. The molecule has 4 nitrogen and oxygen atoms in total. The van der Waals surface area contributed by atoms with Gasteiger partial charge in [-0.05, 0) is 32.9 Å². The molecule has 2 atom stereocenters. The molecule has 0 aliphatic heterocycles. The lowest BCUT2D eigenvalue weighted by atomic mass is 9.75. The highest BCUT2D eigenvalue weighted by Gasteiger charge is 2.36. The summed E-state index contributed by atoms with van der Waals surface area (Å²) in [5.74, 6) is 0.830. The number of nitrogens with one attached hydrogen (secondary N) is 1. The van der Waals surface area contributed by atoms with Crippen molar-refractivity contribution in [2.24, 2.45) is 5.92 Å². The molecule has 0 radical (unpaired) electrons. The van der Waals surface area contributed by atoms with Crippen LogP contribution in [0.15, 0.2) is 19.0 Å². The molecular formula is C16H28N4. The van der Waals surface area contributed by atoms with Crippen LogP contribution in [0.2, 0.25) is 0 Å². The van der Waals surface area contributed by atoms with Gasteiger partial charge < -0.3 is 10.2 Å². The van der Waals surface area contributed by atoms with Gasteiger partial charge in [0.1, 0.15) is 0 Å². The SMILES string of the molecule is C=Cn1cc(CNCC2(N(C)C)CCCC(C)C2)cn1. The molecule has 1 fully saturated rings. The van der Waals surface area contributed by atoms with E-state index in [1.54, 1.807) is 10.9 Å². The zero-order chi connectivity index (χ0) is 14.6. The van der Waals surface area contributed by atoms with Crippen molar-refractivity contribution < 1.29 is 0 Å². The van der Waals surface area contributed by atoms with Gasteiger partial charge >= 0.3 is 0 Å². The summed E-state index contributed by atoms with van der Waals surface area (Å²) in [5, 5.41) is 7.84. The second-order valence-electron chi connectivity index (χ2n) is 6.44. The number of rotatable bonds is 6. The van der Waals surface area contributed by atoms with Gasteiger partial charge in [-0.25, -0.2) is 4.68 Å². The minimum atomic E-state index is 0.312. The predicted octanol–water partition coefficient (Wildman–Crippen LogP) is 2.58. The fourth-order valence-corrected chi connectivity index (χ4v) is 3.37. The van der Waals surface area contributed by atoms with Gasteiger partial charge in [0.05, 0.1) is 6.20 Å². The number of hydrogen-bond acceptors (Lipinski definition) is 3. The fourth-order valence-electron chi connectivity index (χ4n) is 3.37. The lowest BCUT2D eigenvalue weighted by Crippen LogP contribution is -2.54. The molecule has 2 rings (SSSR count). The van der Waals surface area contributed by atoms with E-state index >= 15 is 0 Å². The van der Waals surface area contributed by atoms with Crippen molar-refractivity contribution in [3.8, 4) is 0 Å². The van der Waals surface area contributed by atoms with E-state index in [1.807, 2.05) is 12.4 Å². The first kappa shape index (κ1) is 15.3. The van der Waals surface area contributed by atoms with Crippen molar-refractivity contribution in [3.63, 3.8) is 0 Å². The third kappa shape index (κ3) is 3.49. The molecule has 0 spiro atoms. The lowest BCUT2D eigenvalue weighted by Gasteiger charge is -2.45. The maximum Gasteiger partial charge on any atom is 0.0538 e. The third-order valence-electron chi connectivity index (χ3n) is 4.64. The Bertz CT molecular complexity index is 437. The Balaban J connectivity index is 1.90. The van der Waals surface area contributed by atoms with Crippen LogP contribution in [0, 0.1) is 5.92 Å². The van der Waals surface area contributed by atoms with Gasteiger partial charge in [0, 0.05) is 36.6 Å². The largest absolute Gasteiger partial charge is 0.311 e. The summed E-state index contributed by atoms with van der Waals surface area (Å²) in [6.07, 6.45) is 10.9. The van der Waals surface area contributed by atoms with Crippen LogP contribution in [0.5, 0.6) is 0 Å². The normalized spacial score (nSPS) is 26.9. The van der Waals surface area contributed by atoms with Crippen LogP contribution in [0.25, 0.3) is 6.20 Å². The average molecular weight is 276 g/mol. The predicted molar refractivity (Wildman–Crippen MR) is 84.4 cm³/mol. The van der Waals surface area contributed by atoms with Gasteiger partial charge in [-0.3, -0.25) is 0 Å². The van der Waals surface area contributed by atoms with E-state index in [0.29, 0.717) is 5.54 Å². The molecule has 1 aromatic rings. The molecule has 0 saturated heterocycles. The van der Waals surface area contributed by atoms with E-state index < -0.39 is 0 Å². The Labute approximate surface area is 122 Å². The number of hydrogen-bond donors (Lipinski definition) is 1. The van der Waals surface area contributed by atoms with E-state index in [-0.39, 0.29) is 0 Å². The lowest BCUT2D eigenvalue weighted by molar-refractivity contribution is 0.0749. The molecule has 0 bridgehead atoms. The van der Waals surface area contributed by atoms with Gasteiger partial charge in [0.15, 0.2) is 0 Å². The van der Waals surface area contributed by atoms with Crippen molar-refractivity contribution in [2.75, 3.05) is 20.6 Å². The second-order valence-corrected chi connectivity index (χ2v) is 6.44. The molecule has 2 unspecified atom stereocenters. The highest BCUT2D eigenvalue weighted by molar-refractivity contribution is 5.17. The van der Waals surface area contributed by atoms with Crippen molar-refractivity contribution in [2.45, 2.75) is 44.7 Å². The Morgan fingerprint density at radius 3 is 3.00 bits per heavy atom. The van der Waals surface area contributed by atoms with Crippen molar-refractivity contribution in [1.29, 1.82) is 0 Å². The Morgan fingerprint density at radius 1 is 1.60 bits per heavy atom. The van der Waals surface area contributed by atoms with E-state index in [9.17, 15) is 0 Å². The van der Waals surface area contributed by atoms with Gasteiger partial charge in [-0.1, -0.05) is 26.3 Å². The highest BCUT2D eigenvalue weighted by atomic mass is 15.2. The second kappa shape index (κ2) is 6.55. The van der Waals surface area contributed by atoms with Crippen LogP contribution in [0.1, 0.15) is 38.2 Å². The molecule has 1 aliphatic carbocycles. The monoisotopic (exact) mass is 276 g/mol. The molecule has 1 saturated carbocycles. The van der Waals surface area contributed by atoms with E-state index in [4.69, 9.17) is 0 Å². The molecule has 0 amide bonds. The van der Waals surface area contributed by atoms with Crippen LogP contribution >= 0.6 is 0 Å². The van der Waals surface area contributed by atoms with Crippen molar-refractivity contribution >= 4 is 6.20 Å². The molecular weight excluding hydrogens is 248 g/mol. The van der Waals surface area contributed by atoms with Crippen LogP contribution in [0.4, 0.5) is 0 Å². The standard InChI is InChI=1S/C16H28N4/c1-5-20-12-15(11-18-20)10-17-13-16(19(3)4)8-6-7-14(2)9-16/h5,11-12,14,17H,1,6-10,13H2,2-4H3. The summed E-state index contributed by atoms with van der Waals surface area (Å²) in [7, 11) is 4.44. The molecule has 1 aromatic heterocycles. The smallest absolute Gasteiger partial charge is 0.0538 e. The summed E-state index contributed by atoms with van der Waals surface area (Å²) >= 11 is 0. The molecule has 1 aliphatic rings. The highest BCUT2D eigenvalue weighted by Crippen LogP contribution is 2.35. The van der Waals surface area contributed by atoms with Crippen LogP contribution in [0.3, 0.4) is 0 Å². The van der Waals surface area contributed by atoms with Gasteiger partial charge in [0.2, 0.25) is 0 Å². The zero-order valence-electron chi connectivity index (χ0n) is 13.1. The zero-order valence-corrected chi connectivity index (χ0v) is 13.1. The first-order chi connectivity index (χ1) is 9.55. The number of nitrogens with zero attached hydrogens (tertiary/aromatic N) is 3. The van der Waals surface area contributed by atoms with Crippen LogP contribution in [-0.2, 0) is 6.54 Å². The molecule has 1 N–H and O–H groups in total. The molecule has 4 heteroatoms. The molecule has 0 aromatic carbocycles. The van der Waals surface area contributed by atoms with Crippen molar-refractivity contribution in [3.05, 3.63) is 24.5 Å². The third-order valence-corrected chi connectivity index (χ3v) is 4.64. The van der Waals surface area contributed by atoms with Gasteiger partial charge in [-0.2, -0.15) is 5.10 Å². The van der Waals surface area contributed by atoms with E-state index in [2.05, 4.69) is 42.9 Å². The summed E-state index contributed by atoms with van der Waals surface area (Å²) in [6.45, 7) is 8.01. The Hall–Kier alpha value is -1.13. The van der Waals surface area contributed by atoms with Crippen molar-refractivity contribution in [1.82, 2.24) is 20.0 Å². The topological polar surface area (TPSA) is 33.1 Å². The van der Waals surface area contributed by atoms with E-state index in [0.717, 1.165) is 19.0 Å². The summed E-state index contributed by atoms with van der Waals surface area (Å²) in [5.41, 5.74) is 1.52. The Kier molecular flexibility index (Phi) is 5.00. The summed E-state index contributed by atoms with van der Waals surface area (Å²) in [4.78, 5) is 2.42. The van der Waals surface area contributed by atoms with E-state index in [1.165, 1.54) is 31.2 Å². The minimum Gasteiger partial charge on any atom is -0.311 e. The van der Waals surface area contributed by atoms with Crippen LogP contribution in [-0.4, -0.2) is 40.9 Å². The Morgan fingerprint density at radius 2 is 2.40 bits per heavy atom. The van der Waals surface area contributed by atoms with Gasteiger partial charge in [-0.15, -0.1) is 0 Å². The summed E-state index contributed by atoms with van der Waals surface area (Å²) in [6, 6.07) is 0. The molecule has 20 heavy (non-hydrogen) atoms. The molecule has 112 valence electrons. The fraction of sp³-hybridized carbons (Fsp3) is 0.688. The number of aromatic nitrogens is 2. The average Bonchev–Trinajstić information content (AvgIpc) is 2.86. The summed E-state index contributed by atoms with van der Waals surface area (Å²) < 4.78 is 1.75. The molecule has 1 heterocycles.